The molecule has 2 rings (SSSR count). The van der Waals surface area contributed by atoms with Gasteiger partial charge in [-0.3, -0.25) is 0 Å². The van der Waals surface area contributed by atoms with Crippen LogP contribution in [0.25, 0.3) is 10.9 Å². The molecule has 96 valence electrons. The minimum absolute atomic E-state index is 0.383. The highest BCUT2D eigenvalue weighted by Crippen LogP contribution is 2.30. The Bertz CT molecular complexity index is 626. The Morgan fingerprint density at radius 3 is 2.56 bits per heavy atom. The molecule has 0 fully saturated rings. The molecule has 0 aliphatic rings. The lowest BCUT2D eigenvalue weighted by Crippen LogP contribution is -2.09. The van der Waals surface area contributed by atoms with E-state index in [4.69, 9.17) is 5.73 Å². The predicted molar refractivity (Wildman–Crippen MR) is 72.2 cm³/mol. The molecule has 3 N–H and O–H groups in total. The lowest BCUT2D eigenvalue weighted by atomic mass is 9.98. The Morgan fingerprint density at radius 2 is 2.00 bits per heavy atom. The summed E-state index contributed by atoms with van der Waals surface area (Å²) in [7, 11) is 0. The van der Waals surface area contributed by atoms with E-state index < -0.39 is 5.97 Å². The maximum atomic E-state index is 11.2. The molecule has 0 saturated carbocycles. The summed E-state index contributed by atoms with van der Waals surface area (Å²) in [5.74, 6) is -0.872. The highest BCUT2D eigenvalue weighted by molar-refractivity contribution is 5.99. The van der Waals surface area contributed by atoms with E-state index in [2.05, 4.69) is 4.57 Å². The van der Waals surface area contributed by atoms with Crippen LogP contribution in [-0.2, 0) is 6.54 Å². The number of nitrogens with two attached hydrogens (primary N) is 1. The predicted octanol–water partition coefficient (Wildman–Crippen LogP) is 2.22. The fourth-order valence-electron chi connectivity index (χ4n) is 2.66. The van der Waals surface area contributed by atoms with Gasteiger partial charge in [0.1, 0.15) is 0 Å². The quantitative estimate of drug-likeness (QED) is 0.872. The summed E-state index contributed by atoms with van der Waals surface area (Å²) in [5, 5.41) is 10.3. The number of rotatable bonds is 3. The lowest BCUT2D eigenvalue weighted by Gasteiger charge is -2.10. The molecule has 0 saturated heterocycles. The van der Waals surface area contributed by atoms with Crippen molar-refractivity contribution in [2.75, 3.05) is 6.54 Å². The number of fused-ring (bicyclic) bond motifs is 1. The van der Waals surface area contributed by atoms with Crippen LogP contribution in [0.3, 0.4) is 0 Å². The van der Waals surface area contributed by atoms with Crippen LogP contribution in [0, 0.1) is 20.8 Å². The fraction of sp³-hybridized carbons (Fsp3) is 0.357. The van der Waals surface area contributed by atoms with Gasteiger partial charge in [0.2, 0.25) is 0 Å². The second-order valence-electron chi connectivity index (χ2n) is 4.69. The number of hydrogen-bond acceptors (Lipinski definition) is 2. The molecule has 0 atom stereocenters. The first-order chi connectivity index (χ1) is 8.47. The van der Waals surface area contributed by atoms with Gasteiger partial charge < -0.3 is 15.4 Å². The number of aromatic carboxylic acids is 1. The number of hydrogen-bond donors (Lipinski definition) is 2. The third-order valence-corrected chi connectivity index (χ3v) is 3.38. The van der Waals surface area contributed by atoms with E-state index in [1.165, 1.54) is 0 Å². The first-order valence-electron chi connectivity index (χ1n) is 6.00. The van der Waals surface area contributed by atoms with Gasteiger partial charge in [-0.1, -0.05) is 0 Å². The molecular formula is C14H18N2O2. The van der Waals surface area contributed by atoms with E-state index in [9.17, 15) is 9.90 Å². The lowest BCUT2D eigenvalue weighted by molar-refractivity contribution is 0.0696. The van der Waals surface area contributed by atoms with Crippen molar-refractivity contribution in [1.29, 1.82) is 0 Å². The summed E-state index contributed by atoms with van der Waals surface area (Å²) in [4.78, 5) is 11.2. The van der Waals surface area contributed by atoms with Crippen LogP contribution >= 0.6 is 0 Å². The molecule has 4 heteroatoms. The normalized spacial score (nSPS) is 11.1. The maximum absolute atomic E-state index is 11.2. The summed E-state index contributed by atoms with van der Waals surface area (Å²) in [6, 6.07) is 1.74. The SMILES string of the molecule is Cc1cn(CCN)c2c(C)cc(C(=O)O)c(C)c12. The van der Waals surface area contributed by atoms with Gasteiger partial charge in [0.05, 0.1) is 11.1 Å². The fourth-order valence-corrected chi connectivity index (χ4v) is 2.66. The van der Waals surface area contributed by atoms with Gasteiger partial charge in [-0.15, -0.1) is 0 Å². The van der Waals surface area contributed by atoms with Crippen LogP contribution in [0.15, 0.2) is 12.3 Å². The minimum Gasteiger partial charge on any atom is -0.478 e. The monoisotopic (exact) mass is 246 g/mol. The smallest absolute Gasteiger partial charge is 0.335 e. The first kappa shape index (κ1) is 12.6. The maximum Gasteiger partial charge on any atom is 0.335 e. The van der Waals surface area contributed by atoms with Crippen molar-refractivity contribution in [2.45, 2.75) is 27.3 Å². The van der Waals surface area contributed by atoms with Crippen molar-refractivity contribution in [3.63, 3.8) is 0 Å². The largest absolute Gasteiger partial charge is 0.478 e. The van der Waals surface area contributed by atoms with E-state index in [1.807, 2.05) is 27.0 Å². The topological polar surface area (TPSA) is 68.2 Å². The number of carboxylic acid groups (broad SMARTS) is 1. The Kier molecular flexibility index (Phi) is 3.13. The van der Waals surface area contributed by atoms with Crippen LogP contribution in [0.5, 0.6) is 0 Å². The molecule has 1 heterocycles. The Hall–Kier alpha value is -1.81. The molecule has 0 aliphatic heterocycles. The van der Waals surface area contributed by atoms with E-state index in [0.29, 0.717) is 12.1 Å². The van der Waals surface area contributed by atoms with Crippen molar-refractivity contribution in [3.05, 3.63) is 34.5 Å². The molecule has 2 aromatic rings. The molecule has 0 spiro atoms. The molecule has 0 unspecified atom stereocenters. The number of aromatic nitrogens is 1. The van der Waals surface area contributed by atoms with Gasteiger partial charge in [0.15, 0.2) is 0 Å². The standard InChI is InChI=1S/C14H18N2O2/c1-8-6-11(14(17)18)10(3)12-9(2)7-16(5-4-15)13(8)12/h6-7H,4-5,15H2,1-3H3,(H,17,18). The number of benzene rings is 1. The average molecular weight is 246 g/mol. The van der Waals surface area contributed by atoms with E-state index >= 15 is 0 Å². The van der Waals surface area contributed by atoms with Gasteiger partial charge in [-0.2, -0.15) is 0 Å². The highest BCUT2D eigenvalue weighted by Gasteiger charge is 2.16. The molecule has 0 amide bonds. The average Bonchev–Trinajstić information content (AvgIpc) is 2.61. The second-order valence-corrected chi connectivity index (χ2v) is 4.69. The molecule has 0 aliphatic carbocycles. The Morgan fingerprint density at radius 1 is 1.33 bits per heavy atom. The Balaban J connectivity index is 2.85. The van der Waals surface area contributed by atoms with E-state index in [0.717, 1.165) is 34.1 Å². The highest BCUT2D eigenvalue weighted by atomic mass is 16.4. The van der Waals surface area contributed by atoms with Crippen LogP contribution in [-0.4, -0.2) is 22.2 Å². The molecule has 0 radical (unpaired) electrons. The zero-order valence-electron chi connectivity index (χ0n) is 10.9. The van der Waals surface area contributed by atoms with Crippen LogP contribution in [0.4, 0.5) is 0 Å². The van der Waals surface area contributed by atoms with Gasteiger partial charge in [0.25, 0.3) is 0 Å². The molecule has 1 aromatic carbocycles. The minimum atomic E-state index is -0.872. The Labute approximate surface area is 106 Å². The summed E-state index contributed by atoms with van der Waals surface area (Å²) in [6.07, 6.45) is 2.04. The van der Waals surface area contributed by atoms with Gasteiger partial charge in [-0.05, 0) is 43.5 Å². The van der Waals surface area contributed by atoms with Crippen molar-refractivity contribution in [1.82, 2.24) is 4.57 Å². The number of carbonyl (C=O) groups is 1. The molecule has 18 heavy (non-hydrogen) atoms. The summed E-state index contributed by atoms with van der Waals surface area (Å²) < 4.78 is 2.11. The number of nitrogens with zero attached hydrogens (tertiary/aromatic N) is 1. The summed E-state index contributed by atoms with van der Waals surface area (Å²) in [6.45, 7) is 7.14. The van der Waals surface area contributed by atoms with Crippen molar-refractivity contribution in [3.8, 4) is 0 Å². The van der Waals surface area contributed by atoms with Crippen molar-refractivity contribution in [2.24, 2.45) is 5.73 Å². The second kappa shape index (κ2) is 4.46. The molecular weight excluding hydrogens is 228 g/mol. The first-order valence-corrected chi connectivity index (χ1v) is 6.00. The summed E-state index contributed by atoms with van der Waals surface area (Å²) >= 11 is 0. The van der Waals surface area contributed by atoms with Gasteiger partial charge >= 0.3 is 5.97 Å². The number of aryl methyl sites for hydroxylation is 3. The molecule has 4 nitrogen and oxygen atoms in total. The van der Waals surface area contributed by atoms with Crippen LogP contribution in [0.2, 0.25) is 0 Å². The van der Waals surface area contributed by atoms with E-state index in [-0.39, 0.29) is 0 Å². The third-order valence-electron chi connectivity index (χ3n) is 3.38. The van der Waals surface area contributed by atoms with E-state index in [1.54, 1.807) is 6.07 Å². The van der Waals surface area contributed by atoms with Gasteiger partial charge in [0, 0.05) is 24.7 Å². The van der Waals surface area contributed by atoms with Crippen molar-refractivity contribution < 1.29 is 9.90 Å². The van der Waals surface area contributed by atoms with Gasteiger partial charge in [-0.25, -0.2) is 4.79 Å². The molecule has 1 aromatic heterocycles. The zero-order valence-corrected chi connectivity index (χ0v) is 10.9. The summed E-state index contributed by atoms with van der Waals surface area (Å²) in [5.41, 5.74) is 10.0. The third kappa shape index (κ3) is 1.78. The molecule has 0 bridgehead atoms. The van der Waals surface area contributed by atoms with Crippen molar-refractivity contribution >= 4 is 16.9 Å². The van der Waals surface area contributed by atoms with Crippen LogP contribution in [0.1, 0.15) is 27.0 Å². The zero-order chi connectivity index (χ0) is 13.4. The number of carboxylic acids is 1. The van der Waals surface area contributed by atoms with Crippen LogP contribution < -0.4 is 5.73 Å².